The van der Waals surface area contributed by atoms with Crippen molar-refractivity contribution in [2.24, 2.45) is 11.8 Å². The smallest absolute Gasteiger partial charge is 0.320 e. The number of hydrogen-bond acceptors (Lipinski definition) is 2. The Balaban J connectivity index is 0.000000980. The molecule has 0 aromatic carbocycles. The van der Waals surface area contributed by atoms with Crippen LogP contribution in [0, 0.1) is 11.8 Å². The van der Waals surface area contributed by atoms with E-state index in [2.05, 4.69) is 5.32 Å². The Hall–Kier alpha value is -0.280. The lowest BCUT2D eigenvalue weighted by atomic mass is 9.89. The van der Waals surface area contributed by atoms with Crippen molar-refractivity contribution < 1.29 is 9.90 Å². The first-order valence-corrected chi connectivity index (χ1v) is 5.23. The van der Waals surface area contributed by atoms with Gasteiger partial charge in [0.25, 0.3) is 0 Å². The highest BCUT2D eigenvalue weighted by atomic mass is 35.5. The van der Waals surface area contributed by atoms with Crippen LogP contribution in [0.4, 0.5) is 0 Å². The molecule has 0 aromatic rings. The lowest BCUT2D eigenvalue weighted by Crippen LogP contribution is -2.29. The quantitative estimate of drug-likeness (QED) is 0.743. The normalized spacial score (nSPS) is 32.9. The highest BCUT2D eigenvalue weighted by Crippen LogP contribution is 2.35. The molecule has 1 saturated heterocycles. The number of hydrogen-bond donors (Lipinski definition) is 2. The predicted octanol–water partition coefficient (Wildman–Crippen LogP) is 1.66. The van der Waals surface area contributed by atoms with Gasteiger partial charge in [-0.2, -0.15) is 0 Å². The van der Waals surface area contributed by atoms with Crippen molar-refractivity contribution in [3.05, 3.63) is 0 Å². The van der Waals surface area contributed by atoms with Crippen LogP contribution in [-0.2, 0) is 4.79 Å². The molecular weight excluding hydrogens is 202 g/mol. The summed E-state index contributed by atoms with van der Waals surface area (Å²) >= 11 is 0. The molecular formula is C10H18ClNO2. The fraction of sp³-hybridized carbons (Fsp3) is 0.900. The second kappa shape index (κ2) is 4.99. The van der Waals surface area contributed by atoms with E-state index in [1.54, 1.807) is 0 Å². The highest BCUT2D eigenvalue weighted by Gasteiger charge is 2.34. The van der Waals surface area contributed by atoms with E-state index >= 15 is 0 Å². The van der Waals surface area contributed by atoms with E-state index < -0.39 is 5.97 Å². The van der Waals surface area contributed by atoms with Gasteiger partial charge in [-0.05, 0) is 24.8 Å². The number of rotatable bonds is 2. The van der Waals surface area contributed by atoms with Gasteiger partial charge >= 0.3 is 5.97 Å². The van der Waals surface area contributed by atoms with Gasteiger partial charge in [0.15, 0.2) is 0 Å². The lowest BCUT2D eigenvalue weighted by molar-refractivity contribution is -0.139. The molecule has 0 bridgehead atoms. The topological polar surface area (TPSA) is 49.3 Å². The zero-order valence-electron chi connectivity index (χ0n) is 8.24. The van der Waals surface area contributed by atoms with Crippen molar-refractivity contribution >= 4 is 18.4 Å². The van der Waals surface area contributed by atoms with E-state index in [4.69, 9.17) is 5.11 Å². The van der Waals surface area contributed by atoms with Crippen molar-refractivity contribution in [2.45, 2.75) is 38.1 Å². The minimum atomic E-state index is -0.680. The Bertz CT molecular complexity index is 204. The van der Waals surface area contributed by atoms with E-state index in [-0.39, 0.29) is 18.4 Å². The third-order valence-electron chi connectivity index (χ3n) is 3.53. The summed E-state index contributed by atoms with van der Waals surface area (Å²) in [6.45, 7) is 0.918. The first-order chi connectivity index (χ1) is 6.27. The van der Waals surface area contributed by atoms with Crippen LogP contribution in [0.3, 0.4) is 0 Å². The van der Waals surface area contributed by atoms with Gasteiger partial charge in [-0.3, -0.25) is 4.79 Å². The van der Waals surface area contributed by atoms with Crippen LogP contribution in [0.15, 0.2) is 0 Å². The maximum Gasteiger partial charge on any atom is 0.320 e. The van der Waals surface area contributed by atoms with E-state index in [1.807, 2.05) is 0 Å². The zero-order chi connectivity index (χ0) is 9.26. The van der Waals surface area contributed by atoms with Crippen molar-refractivity contribution in [3.63, 3.8) is 0 Å². The zero-order valence-corrected chi connectivity index (χ0v) is 9.05. The number of carbonyl (C=O) groups is 1. The second-order valence-electron chi connectivity index (χ2n) is 4.34. The first kappa shape index (κ1) is 11.8. The van der Waals surface area contributed by atoms with Crippen molar-refractivity contribution in [2.75, 3.05) is 6.54 Å². The minimum absolute atomic E-state index is 0. The molecule has 1 heterocycles. The number of halogens is 1. The van der Waals surface area contributed by atoms with E-state index in [0.717, 1.165) is 18.9 Å². The van der Waals surface area contributed by atoms with Gasteiger partial charge in [0.1, 0.15) is 6.04 Å². The predicted molar refractivity (Wildman–Crippen MR) is 56.7 cm³/mol. The summed E-state index contributed by atoms with van der Waals surface area (Å²) in [5, 5.41) is 11.9. The molecule has 1 unspecified atom stereocenters. The van der Waals surface area contributed by atoms with Gasteiger partial charge in [-0.1, -0.05) is 25.7 Å². The molecule has 2 N–H and O–H groups in total. The maximum absolute atomic E-state index is 10.7. The van der Waals surface area contributed by atoms with Gasteiger partial charge in [0.05, 0.1) is 0 Å². The molecule has 2 aliphatic rings. The van der Waals surface area contributed by atoms with Crippen molar-refractivity contribution in [1.82, 2.24) is 5.32 Å². The van der Waals surface area contributed by atoms with E-state index in [9.17, 15) is 4.79 Å². The van der Waals surface area contributed by atoms with Gasteiger partial charge in [-0.15, -0.1) is 12.4 Å². The fourth-order valence-electron chi connectivity index (χ4n) is 2.74. The molecule has 0 amide bonds. The Morgan fingerprint density at radius 1 is 1.21 bits per heavy atom. The Morgan fingerprint density at radius 2 is 1.86 bits per heavy atom. The maximum atomic E-state index is 10.7. The molecule has 0 aromatic heterocycles. The molecule has 0 radical (unpaired) electrons. The standard InChI is InChI=1S/C10H17NO2.ClH/c12-10(13)9-5-8(6-11-9)7-3-1-2-4-7;/h7-9,11H,1-6H2,(H,12,13);1H/t8?,9-;/m0./s1. The summed E-state index contributed by atoms with van der Waals surface area (Å²) in [6.07, 6.45) is 6.18. The highest BCUT2D eigenvalue weighted by molar-refractivity contribution is 5.85. The largest absolute Gasteiger partial charge is 0.480 e. The summed E-state index contributed by atoms with van der Waals surface area (Å²) in [5.74, 6) is 0.751. The second-order valence-corrected chi connectivity index (χ2v) is 4.34. The van der Waals surface area contributed by atoms with Gasteiger partial charge in [0, 0.05) is 0 Å². The molecule has 3 nitrogen and oxygen atoms in total. The third-order valence-corrected chi connectivity index (χ3v) is 3.53. The molecule has 1 aliphatic heterocycles. The fourth-order valence-corrected chi connectivity index (χ4v) is 2.74. The first-order valence-electron chi connectivity index (χ1n) is 5.23. The summed E-state index contributed by atoms with van der Waals surface area (Å²) in [6, 6.07) is -0.273. The average molecular weight is 220 g/mol. The van der Waals surface area contributed by atoms with Crippen LogP contribution in [0.2, 0.25) is 0 Å². The third kappa shape index (κ3) is 2.39. The molecule has 2 rings (SSSR count). The lowest BCUT2D eigenvalue weighted by Gasteiger charge is -2.15. The van der Waals surface area contributed by atoms with Gasteiger partial charge < -0.3 is 10.4 Å². The molecule has 1 saturated carbocycles. The SMILES string of the molecule is Cl.O=C(O)[C@@H]1CC(C2CCCC2)CN1. The van der Waals surface area contributed by atoms with Gasteiger partial charge in [-0.25, -0.2) is 0 Å². The van der Waals surface area contributed by atoms with Crippen LogP contribution in [0.5, 0.6) is 0 Å². The van der Waals surface area contributed by atoms with E-state index in [0.29, 0.717) is 5.92 Å². The average Bonchev–Trinajstić information content (AvgIpc) is 2.75. The van der Waals surface area contributed by atoms with E-state index in [1.165, 1.54) is 25.7 Å². The number of aliphatic carboxylic acids is 1. The Labute approximate surface area is 90.7 Å². The monoisotopic (exact) mass is 219 g/mol. The summed E-state index contributed by atoms with van der Waals surface area (Å²) < 4.78 is 0. The number of carboxylic acid groups (broad SMARTS) is 1. The van der Waals surface area contributed by atoms with Gasteiger partial charge in [0.2, 0.25) is 0 Å². The molecule has 0 spiro atoms. The molecule has 2 atom stereocenters. The molecule has 4 heteroatoms. The van der Waals surface area contributed by atoms with Crippen LogP contribution in [0.1, 0.15) is 32.1 Å². The summed E-state index contributed by atoms with van der Waals surface area (Å²) in [7, 11) is 0. The van der Waals surface area contributed by atoms with Crippen LogP contribution < -0.4 is 5.32 Å². The number of carboxylic acids is 1. The summed E-state index contributed by atoms with van der Waals surface area (Å²) in [4.78, 5) is 10.7. The molecule has 14 heavy (non-hydrogen) atoms. The molecule has 82 valence electrons. The van der Waals surface area contributed by atoms with Crippen molar-refractivity contribution in [3.8, 4) is 0 Å². The molecule has 2 fully saturated rings. The summed E-state index contributed by atoms with van der Waals surface area (Å²) in [5.41, 5.74) is 0. The van der Waals surface area contributed by atoms with Crippen molar-refractivity contribution in [1.29, 1.82) is 0 Å². The molecule has 1 aliphatic carbocycles. The van der Waals surface area contributed by atoms with Crippen LogP contribution in [-0.4, -0.2) is 23.7 Å². The minimum Gasteiger partial charge on any atom is -0.480 e. The Morgan fingerprint density at radius 3 is 2.36 bits per heavy atom. The van der Waals surface area contributed by atoms with Crippen LogP contribution >= 0.6 is 12.4 Å². The number of nitrogens with one attached hydrogen (secondary N) is 1. The van der Waals surface area contributed by atoms with Crippen LogP contribution in [0.25, 0.3) is 0 Å². The Kier molecular flexibility index (Phi) is 4.20.